The third kappa shape index (κ3) is 7.90. The van der Waals surface area contributed by atoms with Crippen molar-refractivity contribution in [2.45, 2.75) is 96.5 Å². The molecule has 40 heavy (non-hydrogen) atoms. The van der Waals surface area contributed by atoms with Crippen molar-refractivity contribution in [1.29, 1.82) is 0 Å². The third-order valence-corrected chi connectivity index (χ3v) is 8.00. The summed E-state index contributed by atoms with van der Waals surface area (Å²) in [7, 11) is 0. The highest BCUT2D eigenvalue weighted by atomic mass is 19.2. The molecule has 3 aromatic carbocycles. The molecule has 4 rings (SSSR count). The molecule has 1 heterocycles. The maximum atomic E-state index is 15.1. The van der Waals surface area contributed by atoms with E-state index in [0.717, 1.165) is 56.1 Å². The maximum Gasteiger partial charge on any atom is 0.201 e. The molecule has 2 unspecified atom stereocenters. The van der Waals surface area contributed by atoms with Crippen LogP contribution >= 0.6 is 0 Å². The van der Waals surface area contributed by atoms with E-state index in [4.69, 9.17) is 9.47 Å². The average molecular weight is 553 g/mol. The van der Waals surface area contributed by atoms with Gasteiger partial charge in [0.15, 0.2) is 11.6 Å². The van der Waals surface area contributed by atoms with Gasteiger partial charge in [0.25, 0.3) is 0 Å². The summed E-state index contributed by atoms with van der Waals surface area (Å²) in [5, 5.41) is 0. The molecule has 0 aromatic heterocycles. The molecule has 2 nitrogen and oxygen atoms in total. The lowest BCUT2D eigenvalue weighted by Crippen LogP contribution is -2.25. The van der Waals surface area contributed by atoms with Crippen LogP contribution in [-0.4, -0.2) is 19.3 Å². The number of halogens is 3. The molecule has 0 aliphatic carbocycles. The summed E-state index contributed by atoms with van der Waals surface area (Å²) in [4.78, 5) is 0. The van der Waals surface area contributed by atoms with Gasteiger partial charge >= 0.3 is 0 Å². The van der Waals surface area contributed by atoms with Crippen LogP contribution in [0.4, 0.5) is 13.2 Å². The molecule has 5 heteroatoms. The molecule has 1 aliphatic heterocycles. The van der Waals surface area contributed by atoms with Gasteiger partial charge in [0.05, 0.1) is 19.3 Å². The van der Waals surface area contributed by atoms with Gasteiger partial charge in [0.2, 0.25) is 5.82 Å². The van der Waals surface area contributed by atoms with Crippen LogP contribution in [0, 0.1) is 17.5 Å². The Morgan fingerprint density at radius 2 is 1.43 bits per heavy atom. The van der Waals surface area contributed by atoms with E-state index in [9.17, 15) is 8.78 Å². The van der Waals surface area contributed by atoms with Gasteiger partial charge in [-0.1, -0.05) is 95.2 Å². The number of ether oxygens (including phenoxy) is 2. The zero-order valence-corrected chi connectivity index (χ0v) is 24.0. The predicted molar refractivity (Wildman–Crippen MR) is 157 cm³/mol. The second kappa shape index (κ2) is 15.3. The summed E-state index contributed by atoms with van der Waals surface area (Å²) in [6.45, 7) is 5.28. The van der Waals surface area contributed by atoms with Gasteiger partial charge in [-0.05, 0) is 66.1 Å². The van der Waals surface area contributed by atoms with Crippen LogP contribution in [0.5, 0.6) is 5.75 Å². The monoisotopic (exact) mass is 552 g/mol. The zero-order chi connectivity index (χ0) is 28.3. The Morgan fingerprint density at radius 1 is 0.725 bits per heavy atom. The summed E-state index contributed by atoms with van der Waals surface area (Å²) in [5.41, 5.74) is 2.98. The van der Waals surface area contributed by atoms with E-state index in [-0.39, 0.29) is 23.0 Å². The highest BCUT2D eigenvalue weighted by molar-refractivity contribution is 5.71. The molecule has 1 saturated heterocycles. The average Bonchev–Trinajstić information content (AvgIpc) is 2.97. The first-order valence-corrected chi connectivity index (χ1v) is 15.1. The molecular weight excluding hydrogens is 509 g/mol. The molecule has 216 valence electrons. The molecule has 0 N–H and O–H groups in total. The predicted octanol–water partition coefficient (Wildman–Crippen LogP) is 10.6. The smallest absolute Gasteiger partial charge is 0.201 e. The van der Waals surface area contributed by atoms with Crippen molar-refractivity contribution in [1.82, 2.24) is 0 Å². The van der Waals surface area contributed by atoms with Crippen LogP contribution in [0.1, 0.15) is 96.0 Å². The molecule has 0 bridgehead atoms. The summed E-state index contributed by atoms with van der Waals surface area (Å²) in [5.74, 6) is -2.09. The summed E-state index contributed by atoms with van der Waals surface area (Å²) in [6, 6.07) is 15.5. The van der Waals surface area contributed by atoms with E-state index in [1.54, 1.807) is 24.3 Å². The second-order valence-electron chi connectivity index (χ2n) is 11.0. The van der Waals surface area contributed by atoms with E-state index in [1.807, 2.05) is 24.3 Å². The summed E-state index contributed by atoms with van der Waals surface area (Å²) >= 11 is 0. The summed E-state index contributed by atoms with van der Waals surface area (Å²) in [6.07, 6.45) is 12.3. The SMILES string of the molecule is CCCCCCCCCOc1ccc(-c2ccc(-c3ccc(C4CCC(CCC)OC4)c(F)c3)cc2)c(F)c1F. The number of benzene rings is 3. The minimum absolute atomic E-state index is 0.0522. The Balaban J connectivity index is 1.35. The van der Waals surface area contributed by atoms with Crippen LogP contribution in [0.3, 0.4) is 0 Å². The molecule has 0 spiro atoms. The van der Waals surface area contributed by atoms with E-state index < -0.39 is 11.6 Å². The van der Waals surface area contributed by atoms with Gasteiger partial charge in [-0.15, -0.1) is 0 Å². The molecular formula is C35H43F3O2. The molecule has 1 aliphatic rings. The lowest BCUT2D eigenvalue weighted by Gasteiger charge is -2.29. The van der Waals surface area contributed by atoms with Crippen molar-refractivity contribution in [2.24, 2.45) is 0 Å². The van der Waals surface area contributed by atoms with Crippen molar-refractivity contribution < 1.29 is 22.6 Å². The van der Waals surface area contributed by atoms with Crippen LogP contribution < -0.4 is 4.74 Å². The highest BCUT2D eigenvalue weighted by Crippen LogP contribution is 2.35. The van der Waals surface area contributed by atoms with Crippen molar-refractivity contribution >= 4 is 0 Å². The fourth-order valence-electron chi connectivity index (χ4n) is 5.59. The minimum atomic E-state index is -0.963. The minimum Gasteiger partial charge on any atom is -0.490 e. The Hall–Kier alpha value is -2.79. The Kier molecular flexibility index (Phi) is 11.5. The molecule has 0 saturated carbocycles. The number of unbranched alkanes of at least 4 members (excludes halogenated alkanes) is 6. The fraction of sp³-hybridized carbons (Fsp3) is 0.486. The third-order valence-electron chi connectivity index (χ3n) is 8.00. The molecule has 1 fully saturated rings. The largest absolute Gasteiger partial charge is 0.490 e. The Bertz CT molecular complexity index is 1200. The lowest BCUT2D eigenvalue weighted by atomic mass is 9.89. The van der Waals surface area contributed by atoms with Gasteiger partial charge in [0, 0.05) is 11.5 Å². The highest BCUT2D eigenvalue weighted by Gasteiger charge is 2.24. The number of hydrogen-bond donors (Lipinski definition) is 0. The van der Waals surface area contributed by atoms with Crippen LogP contribution in [0.15, 0.2) is 54.6 Å². The van der Waals surface area contributed by atoms with Crippen LogP contribution in [0.2, 0.25) is 0 Å². The Labute approximate surface area is 237 Å². The normalized spacial score (nSPS) is 17.2. The molecule has 0 amide bonds. The molecule has 2 atom stereocenters. The van der Waals surface area contributed by atoms with Gasteiger partial charge in [-0.25, -0.2) is 8.78 Å². The van der Waals surface area contributed by atoms with Gasteiger partial charge in [-0.3, -0.25) is 0 Å². The van der Waals surface area contributed by atoms with E-state index >= 15 is 4.39 Å². The van der Waals surface area contributed by atoms with Crippen molar-refractivity contribution in [2.75, 3.05) is 13.2 Å². The van der Waals surface area contributed by atoms with Crippen molar-refractivity contribution in [3.63, 3.8) is 0 Å². The van der Waals surface area contributed by atoms with E-state index in [0.29, 0.717) is 30.4 Å². The standard InChI is InChI=1S/C35H43F3O2/c1-3-5-6-7-8-9-10-22-39-33-21-20-31(34(37)35(33)38)26-14-12-25(13-15-26)27-17-19-30(32(36)23-27)28-16-18-29(11-4-2)40-24-28/h12-15,17,19-21,23,28-29H,3-11,16,18,22,24H2,1-2H3. The summed E-state index contributed by atoms with van der Waals surface area (Å²) < 4.78 is 56.3. The topological polar surface area (TPSA) is 18.5 Å². The lowest BCUT2D eigenvalue weighted by molar-refractivity contribution is -0.00172. The Morgan fingerprint density at radius 3 is 2.10 bits per heavy atom. The molecule has 3 aromatic rings. The first kappa shape index (κ1) is 30.2. The fourth-order valence-corrected chi connectivity index (χ4v) is 5.59. The zero-order valence-electron chi connectivity index (χ0n) is 24.0. The van der Waals surface area contributed by atoms with Crippen molar-refractivity contribution in [3.05, 3.63) is 77.6 Å². The maximum absolute atomic E-state index is 15.1. The number of rotatable bonds is 14. The van der Waals surface area contributed by atoms with Crippen LogP contribution in [0.25, 0.3) is 22.3 Å². The van der Waals surface area contributed by atoms with Gasteiger partial charge < -0.3 is 9.47 Å². The van der Waals surface area contributed by atoms with Gasteiger partial charge in [-0.2, -0.15) is 4.39 Å². The van der Waals surface area contributed by atoms with E-state index in [1.165, 1.54) is 31.7 Å². The first-order valence-electron chi connectivity index (χ1n) is 15.1. The quantitative estimate of drug-likeness (QED) is 0.185. The van der Waals surface area contributed by atoms with Crippen LogP contribution in [-0.2, 0) is 4.74 Å². The van der Waals surface area contributed by atoms with E-state index in [2.05, 4.69) is 13.8 Å². The first-order chi connectivity index (χ1) is 19.5. The number of hydrogen-bond acceptors (Lipinski definition) is 2. The van der Waals surface area contributed by atoms with Crippen molar-refractivity contribution in [3.8, 4) is 28.0 Å². The second-order valence-corrected chi connectivity index (χ2v) is 11.0. The molecule has 0 radical (unpaired) electrons. The van der Waals surface area contributed by atoms with Gasteiger partial charge in [0.1, 0.15) is 5.82 Å².